The molecule has 0 aromatic carbocycles. The molecule has 2 rings (SSSR count). The second-order valence-electron chi connectivity index (χ2n) is 5.02. The summed E-state index contributed by atoms with van der Waals surface area (Å²) in [6.07, 6.45) is 6.84. The second kappa shape index (κ2) is 5.03. The van der Waals surface area contributed by atoms with Crippen LogP contribution in [0.25, 0.3) is 0 Å². The Kier molecular flexibility index (Phi) is 3.92. The van der Waals surface area contributed by atoms with Crippen LogP contribution in [0.5, 0.6) is 0 Å². The zero-order chi connectivity index (χ0) is 10.8. The standard InChI is InChI=1S/C12H21ClO2/c1-8-4-3-5-9(6-8)15-11-7-10(13)12(11)14-2/h8-12H,3-7H2,1-2H3. The molecule has 15 heavy (non-hydrogen) atoms. The minimum absolute atomic E-state index is 0.115. The van der Waals surface area contributed by atoms with Crippen LogP contribution in [-0.2, 0) is 9.47 Å². The van der Waals surface area contributed by atoms with Crippen molar-refractivity contribution >= 4 is 11.6 Å². The summed E-state index contributed by atoms with van der Waals surface area (Å²) >= 11 is 6.05. The Morgan fingerprint density at radius 3 is 2.60 bits per heavy atom. The second-order valence-corrected chi connectivity index (χ2v) is 5.58. The van der Waals surface area contributed by atoms with Crippen molar-refractivity contribution < 1.29 is 9.47 Å². The van der Waals surface area contributed by atoms with E-state index in [1.54, 1.807) is 7.11 Å². The first-order chi connectivity index (χ1) is 7.20. The minimum Gasteiger partial charge on any atom is -0.377 e. The molecular weight excluding hydrogens is 212 g/mol. The van der Waals surface area contributed by atoms with Gasteiger partial charge in [-0.05, 0) is 25.2 Å². The van der Waals surface area contributed by atoms with E-state index in [1.807, 2.05) is 0 Å². The molecule has 2 fully saturated rings. The molecule has 3 heteroatoms. The highest BCUT2D eigenvalue weighted by molar-refractivity contribution is 6.21. The van der Waals surface area contributed by atoms with Gasteiger partial charge in [-0.25, -0.2) is 0 Å². The quantitative estimate of drug-likeness (QED) is 0.697. The molecule has 0 radical (unpaired) electrons. The first kappa shape index (κ1) is 11.7. The van der Waals surface area contributed by atoms with Gasteiger partial charge in [0.2, 0.25) is 0 Å². The fraction of sp³-hybridized carbons (Fsp3) is 1.00. The Balaban J connectivity index is 1.77. The van der Waals surface area contributed by atoms with Gasteiger partial charge in [-0.1, -0.05) is 19.8 Å². The lowest BCUT2D eigenvalue weighted by Crippen LogP contribution is -2.52. The Morgan fingerprint density at radius 2 is 2.00 bits per heavy atom. The maximum absolute atomic E-state index is 6.06. The van der Waals surface area contributed by atoms with Gasteiger partial charge in [-0.15, -0.1) is 11.6 Å². The van der Waals surface area contributed by atoms with E-state index in [0.717, 1.165) is 12.3 Å². The van der Waals surface area contributed by atoms with Crippen LogP contribution in [0.2, 0.25) is 0 Å². The molecule has 0 aliphatic heterocycles. The molecule has 0 amide bonds. The van der Waals surface area contributed by atoms with Crippen molar-refractivity contribution in [2.75, 3.05) is 7.11 Å². The average molecular weight is 233 g/mol. The SMILES string of the molecule is COC1C(Cl)CC1OC1CCCC(C)C1. The van der Waals surface area contributed by atoms with Crippen LogP contribution in [0.1, 0.15) is 39.0 Å². The van der Waals surface area contributed by atoms with Crippen molar-refractivity contribution in [3.8, 4) is 0 Å². The van der Waals surface area contributed by atoms with E-state index in [2.05, 4.69) is 6.92 Å². The van der Waals surface area contributed by atoms with Gasteiger partial charge in [0.05, 0.1) is 23.7 Å². The highest BCUT2D eigenvalue weighted by Gasteiger charge is 2.42. The van der Waals surface area contributed by atoms with Crippen LogP contribution >= 0.6 is 11.6 Å². The highest BCUT2D eigenvalue weighted by Crippen LogP contribution is 2.35. The maximum atomic E-state index is 6.06. The predicted octanol–water partition coefficient (Wildman–Crippen LogP) is 2.98. The van der Waals surface area contributed by atoms with Crippen LogP contribution in [0.3, 0.4) is 0 Å². The largest absolute Gasteiger partial charge is 0.377 e. The van der Waals surface area contributed by atoms with Gasteiger partial charge in [-0.3, -0.25) is 0 Å². The monoisotopic (exact) mass is 232 g/mol. The summed E-state index contributed by atoms with van der Waals surface area (Å²) in [6.45, 7) is 2.31. The van der Waals surface area contributed by atoms with E-state index in [-0.39, 0.29) is 17.6 Å². The summed E-state index contributed by atoms with van der Waals surface area (Å²) in [7, 11) is 1.72. The lowest BCUT2D eigenvalue weighted by Gasteiger charge is -2.42. The van der Waals surface area contributed by atoms with Gasteiger partial charge in [0.25, 0.3) is 0 Å². The molecule has 2 aliphatic carbocycles. The molecular formula is C12H21ClO2. The summed E-state index contributed by atoms with van der Waals surface area (Å²) in [4.78, 5) is 0. The third-order valence-corrected chi connectivity index (χ3v) is 4.13. The zero-order valence-electron chi connectivity index (χ0n) is 9.62. The van der Waals surface area contributed by atoms with Crippen LogP contribution in [0, 0.1) is 5.92 Å². The molecule has 0 N–H and O–H groups in total. The molecule has 0 heterocycles. The Bertz CT molecular complexity index is 208. The number of hydrogen-bond acceptors (Lipinski definition) is 2. The number of ether oxygens (including phenoxy) is 2. The van der Waals surface area contributed by atoms with Gasteiger partial charge in [-0.2, -0.15) is 0 Å². The van der Waals surface area contributed by atoms with Crippen LogP contribution in [0.15, 0.2) is 0 Å². The Morgan fingerprint density at radius 1 is 1.20 bits per heavy atom. The molecule has 0 aromatic rings. The van der Waals surface area contributed by atoms with E-state index >= 15 is 0 Å². The predicted molar refractivity (Wildman–Crippen MR) is 61.3 cm³/mol. The maximum Gasteiger partial charge on any atom is 0.0997 e. The van der Waals surface area contributed by atoms with Crippen LogP contribution < -0.4 is 0 Å². The van der Waals surface area contributed by atoms with Crippen molar-refractivity contribution in [2.45, 2.75) is 62.7 Å². The average Bonchev–Trinajstić information content (AvgIpc) is 2.17. The summed E-state index contributed by atoms with van der Waals surface area (Å²) in [5.74, 6) is 0.816. The third kappa shape index (κ3) is 2.66. The van der Waals surface area contributed by atoms with Gasteiger partial charge in [0, 0.05) is 7.11 Å². The number of alkyl halides is 1. The van der Waals surface area contributed by atoms with Crippen LogP contribution in [-0.4, -0.2) is 30.8 Å². The van der Waals surface area contributed by atoms with Crippen molar-refractivity contribution in [1.82, 2.24) is 0 Å². The molecule has 5 unspecified atom stereocenters. The molecule has 5 atom stereocenters. The first-order valence-corrected chi connectivity index (χ1v) is 6.46. The van der Waals surface area contributed by atoms with Gasteiger partial charge in [0.15, 0.2) is 0 Å². The van der Waals surface area contributed by atoms with Gasteiger partial charge >= 0.3 is 0 Å². The van der Waals surface area contributed by atoms with Crippen molar-refractivity contribution in [3.63, 3.8) is 0 Å². The minimum atomic E-state index is 0.115. The third-order valence-electron chi connectivity index (χ3n) is 3.71. The van der Waals surface area contributed by atoms with Gasteiger partial charge in [0.1, 0.15) is 0 Å². The molecule has 0 bridgehead atoms. The molecule has 0 saturated heterocycles. The number of halogens is 1. The van der Waals surface area contributed by atoms with Crippen LogP contribution in [0.4, 0.5) is 0 Å². The fourth-order valence-electron chi connectivity index (χ4n) is 2.71. The fourth-order valence-corrected chi connectivity index (χ4v) is 3.15. The van der Waals surface area contributed by atoms with Crippen molar-refractivity contribution in [2.24, 2.45) is 5.92 Å². The summed E-state index contributed by atoms with van der Waals surface area (Å²) < 4.78 is 11.4. The van der Waals surface area contributed by atoms with Gasteiger partial charge < -0.3 is 9.47 Å². The molecule has 88 valence electrons. The highest BCUT2D eigenvalue weighted by atomic mass is 35.5. The Labute approximate surface area is 97.3 Å². The first-order valence-electron chi connectivity index (χ1n) is 6.03. The lowest BCUT2D eigenvalue weighted by molar-refractivity contribution is -0.146. The number of methoxy groups -OCH3 is 1. The zero-order valence-corrected chi connectivity index (χ0v) is 10.4. The molecule has 0 aromatic heterocycles. The molecule has 2 aliphatic rings. The smallest absolute Gasteiger partial charge is 0.0997 e. The summed E-state index contributed by atoms with van der Waals surface area (Å²) in [5.41, 5.74) is 0. The summed E-state index contributed by atoms with van der Waals surface area (Å²) in [5, 5.41) is 0.154. The lowest BCUT2D eigenvalue weighted by atomic mass is 9.86. The Hall–Kier alpha value is 0.210. The van der Waals surface area contributed by atoms with E-state index in [1.165, 1.54) is 25.7 Å². The molecule has 2 saturated carbocycles. The molecule has 2 nitrogen and oxygen atoms in total. The van der Waals surface area contributed by atoms with Crippen molar-refractivity contribution in [3.05, 3.63) is 0 Å². The van der Waals surface area contributed by atoms with E-state index in [9.17, 15) is 0 Å². The number of hydrogen-bond donors (Lipinski definition) is 0. The van der Waals surface area contributed by atoms with E-state index < -0.39 is 0 Å². The van der Waals surface area contributed by atoms with Crippen molar-refractivity contribution in [1.29, 1.82) is 0 Å². The topological polar surface area (TPSA) is 18.5 Å². The summed E-state index contributed by atoms with van der Waals surface area (Å²) in [6, 6.07) is 0. The van der Waals surface area contributed by atoms with E-state index in [0.29, 0.717) is 6.10 Å². The van der Waals surface area contributed by atoms with E-state index in [4.69, 9.17) is 21.1 Å². The number of rotatable bonds is 3. The normalized spacial score (nSPS) is 46.2. The molecule has 0 spiro atoms.